The second kappa shape index (κ2) is 4.80. The molecule has 1 atom stereocenters. The first kappa shape index (κ1) is 11.4. The van der Waals surface area contributed by atoms with E-state index in [1.165, 1.54) is 0 Å². The minimum Gasteiger partial charge on any atom is -0.489 e. The van der Waals surface area contributed by atoms with Crippen molar-refractivity contribution in [2.45, 2.75) is 25.6 Å². The Morgan fingerprint density at radius 1 is 1.56 bits per heavy atom. The summed E-state index contributed by atoms with van der Waals surface area (Å²) in [5.74, 6) is 0.760. The molecule has 0 aliphatic carbocycles. The summed E-state index contributed by atoms with van der Waals surface area (Å²) in [4.78, 5) is 3.97. The maximum Gasteiger partial charge on any atom is 0.137 e. The first-order valence-corrected chi connectivity index (χ1v) is 5.44. The first-order valence-electron chi connectivity index (χ1n) is 5.44. The van der Waals surface area contributed by atoms with Crippen LogP contribution in [-0.4, -0.2) is 36.5 Å². The van der Waals surface area contributed by atoms with Crippen LogP contribution in [0, 0.1) is 0 Å². The van der Waals surface area contributed by atoms with Gasteiger partial charge in [-0.25, -0.2) is 0 Å². The standard InChI is InChI=1S/C12H17NO3/c1-12(2)9-15-11(8-16-12)7-14-10-4-3-5-13-6-10/h3-6,11H,7-9H2,1-2H3/t11-/m0/s1. The highest BCUT2D eigenvalue weighted by molar-refractivity contribution is 5.15. The summed E-state index contributed by atoms with van der Waals surface area (Å²) >= 11 is 0. The van der Waals surface area contributed by atoms with Crippen molar-refractivity contribution in [1.29, 1.82) is 0 Å². The number of aromatic nitrogens is 1. The van der Waals surface area contributed by atoms with Gasteiger partial charge < -0.3 is 14.2 Å². The van der Waals surface area contributed by atoms with Crippen LogP contribution in [0.15, 0.2) is 24.5 Å². The summed E-state index contributed by atoms with van der Waals surface area (Å²) in [6.07, 6.45) is 3.41. The van der Waals surface area contributed by atoms with Gasteiger partial charge >= 0.3 is 0 Å². The fourth-order valence-electron chi connectivity index (χ4n) is 1.44. The molecule has 2 rings (SSSR count). The number of hydrogen-bond acceptors (Lipinski definition) is 4. The number of rotatable bonds is 3. The van der Waals surface area contributed by atoms with E-state index in [4.69, 9.17) is 14.2 Å². The molecule has 88 valence electrons. The summed E-state index contributed by atoms with van der Waals surface area (Å²) in [5, 5.41) is 0. The minimum absolute atomic E-state index is 0.00762. The van der Waals surface area contributed by atoms with Crippen molar-refractivity contribution >= 4 is 0 Å². The van der Waals surface area contributed by atoms with Gasteiger partial charge in [0.1, 0.15) is 18.5 Å². The van der Waals surface area contributed by atoms with E-state index >= 15 is 0 Å². The predicted octanol–water partition coefficient (Wildman–Crippen LogP) is 1.65. The second-order valence-corrected chi connectivity index (χ2v) is 4.50. The fourth-order valence-corrected chi connectivity index (χ4v) is 1.44. The van der Waals surface area contributed by atoms with E-state index in [1.807, 2.05) is 26.0 Å². The molecule has 4 nitrogen and oxygen atoms in total. The van der Waals surface area contributed by atoms with Gasteiger partial charge in [0.15, 0.2) is 0 Å². The van der Waals surface area contributed by atoms with Gasteiger partial charge in [0, 0.05) is 6.20 Å². The highest BCUT2D eigenvalue weighted by atomic mass is 16.6. The van der Waals surface area contributed by atoms with E-state index in [2.05, 4.69) is 4.98 Å². The third-order valence-corrected chi connectivity index (χ3v) is 2.40. The lowest BCUT2D eigenvalue weighted by atomic mass is 10.1. The average molecular weight is 223 g/mol. The van der Waals surface area contributed by atoms with Crippen LogP contribution in [0.25, 0.3) is 0 Å². The molecule has 0 spiro atoms. The molecule has 0 saturated carbocycles. The maximum atomic E-state index is 5.65. The molecule has 1 aromatic heterocycles. The Morgan fingerprint density at radius 3 is 3.06 bits per heavy atom. The van der Waals surface area contributed by atoms with Crippen LogP contribution in [0.3, 0.4) is 0 Å². The van der Waals surface area contributed by atoms with Crippen molar-refractivity contribution in [2.24, 2.45) is 0 Å². The Bertz CT molecular complexity index is 316. The van der Waals surface area contributed by atoms with Gasteiger partial charge in [-0.2, -0.15) is 0 Å². The summed E-state index contributed by atoms with van der Waals surface area (Å²) < 4.78 is 16.8. The van der Waals surface area contributed by atoms with Crippen LogP contribution in [0.4, 0.5) is 0 Å². The molecule has 4 heteroatoms. The molecule has 2 heterocycles. The smallest absolute Gasteiger partial charge is 0.137 e. The summed E-state index contributed by atoms with van der Waals surface area (Å²) in [6.45, 7) is 5.72. The number of ether oxygens (including phenoxy) is 3. The van der Waals surface area contributed by atoms with Gasteiger partial charge in [0.05, 0.1) is 25.0 Å². The molecule has 1 saturated heterocycles. The summed E-state index contributed by atoms with van der Waals surface area (Å²) in [7, 11) is 0. The molecular formula is C12H17NO3. The molecule has 0 N–H and O–H groups in total. The fraction of sp³-hybridized carbons (Fsp3) is 0.583. The molecule has 0 unspecified atom stereocenters. The van der Waals surface area contributed by atoms with Gasteiger partial charge in [0.25, 0.3) is 0 Å². The van der Waals surface area contributed by atoms with Crippen LogP contribution in [0.5, 0.6) is 5.75 Å². The lowest BCUT2D eigenvalue weighted by molar-refractivity contribution is -0.181. The van der Waals surface area contributed by atoms with Crippen LogP contribution >= 0.6 is 0 Å². The maximum absolute atomic E-state index is 5.65. The van der Waals surface area contributed by atoms with E-state index < -0.39 is 0 Å². The molecule has 1 aliphatic heterocycles. The molecule has 0 aromatic carbocycles. The van der Waals surface area contributed by atoms with Crippen molar-refractivity contribution in [2.75, 3.05) is 19.8 Å². The van der Waals surface area contributed by atoms with E-state index in [-0.39, 0.29) is 11.7 Å². The molecule has 0 radical (unpaired) electrons. The molecule has 0 amide bonds. The monoisotopic (exact) mass is 223 g/mol. The van der Waals surface area contributed by atoms with Crippen LogP contribution in [-0.2, 0) is 9.47 Å². The van der Waals surface area contributed by atoms with E-state index in [1.54, 1.807) is 12.4 Å². The van der Waals surface area contributed by atoms with Gasteiger partial charge in [-0.05, 0) is 26.0 Å². The topological polar surface area (TPSA) is 40.6 Å². The third kappa shape index (κ3) is 3.18. The number of nitrogens with zero attached hydrogens (tertiary/aromatic N) is 1. The van der Waals surface area contributed by atoms with Crippen molar-refractivity contribution in [1.82, 2.24) is 4.98 Å². The highest BCUT2D eigenvalue weighted by Crippen LogP contribution is 2.18. The van der Waals surface area contributed by atoms with Gasteiger partial charge in [-0.15, -0.1) is 0 Å². The normalized spacial score (nSPS) is 24.0. The van der Waals surface area contributed by atoms with E-state index in [9.17, 15) is 0 Å². The molecule has 1 aliphatic rings. The van der Waals surface area contributed by atoms with Crippen LogP contribution in [0.2, 0.25) is 0 Å². The van der Waals surface area contributed by atoms with Gasteiger partial charge in [-0.1, -0.05) is 0 Å². The molecular weight excluding hydrogens is 206 g/mol. The molecule has 16 heavy (non-hydrogen) atoms. The summed E-state index contributed by atoms with van der Waals surface area (Å²) in [6, 6.07) is 3.72. The zero-order chi connectivity index (χ0) is 11.4. The predicted molar refractivity (Wildman–Crippen MR) is 59.5 cm³/mol. The first-order chi connectivity index (χ1) is 7.66. The third-order valence-electron chi connectivity index (χ3n) is 2.40. The van der Waals surface area contributed by atoms with Gasteiger partial charge in [0.2, 0.25) is 0 Å². The quantitative estimate of drug-likeness (QED) is 0.781. The SMILES string of the molecule is CC1(C)CO[C@@H](COc2cccnc2)CO1. The largest absolute Gasteiger partial charge is 0.489 e. The Kier molecular flexibility index (Phi) is 3.41. The van der Waals surface area contributed by atoms with Crippen molar-refractivity contribution in [3.63, 3.8) is 0 Å². The number of pyridine rings is 1. The zero-order valence-electron chi connectivity index (χ0n) is 9.68. The van der Waals surface area contributed by atoms with Crippen LogP contribution in [0.1, 0.15) is 13.8 Å². The van der Waals surface area contributed by atoms with E-state index in [0.29, 0.717) is 19.8 Å². The molecule has 1 fully saturated rings. The lowest BCUT2D eigenvalue weighted by Crippen LogP contribution is -2.44. The number of hydrogen-bond donors (Lipinski definition) is 0. The molecule has 1 aromatic rings. The lowest BCUT2D eigenvalue weighted by Gasteiger charge is -2.34. The molecule has 0 bridgehead atoms. The van der Waals surface area contributed by atoms with Crippen LogP contribution < -0.4 is 4.74 Å². The highest BCUT2D eigenvalue weighted by Gasteiger charge is 2.28. The average Bonchev–Trinajstić information content (AvgIpc) is 2.29. The van der Waals surface area contributed by atoms with Crippen molar-refractivity contribution in [3.8, 4) is 5.75 Å². The minimum atomic E-state index is -0.176. The Balaban J connectivity index is 1.76. The van der Waals surface area contributed by atoms with Crippen molar-refractivity contribution in [3.05, 3.63) is 24.5 Å². The Labute approximate surface area is 95.5 Å². The Hall–Kier alpha value is -1.13. The zero-order valence-corrected chi connectivity index (χ0v) is 9.68. The Morgan fingerprint density at radius 2 is 2.44 bits per heavy atom. The second-order valence-electron chi connectivity index (χ2n) is 4.50. The van der Waals surface area contributed by atoms with E-state index in [0.717, 1.165) is 5.75 Å². The van der Waals surface area contributed by atoms with Crippen molar-refractivity contribution < 1.29 is 14.2 Å². The van der Waals surface area contributed by atoms with Gasteiger partial charge in [-0.3, -0.25) is 4.98 Å². The summed E-state index contributed by atoms with van der Waals surface area (Å²) in [5.41, 5.74) is -0.176.